The van der Waals surface area contributed by atoms with E-state index in [2.05, 4.69) is 10.5 Å². The molecular weight excluding hydrogens is 484 g/mol. The Morgan fingerprint density at radius 3 is 2.36 bits per heavy atom. The summed E-state index contributed by atoms with van der Waals surface area (Å²) in [4.78, 5) is 36.1. The minimum absolute atomic E-state index is 0.0641. The maximum atomic E-state index is 12.8. The number of nitrogens with zero attached hydrogens (tertiary/aromatic N) is 3. The number of carbonyl (C=O) groups is 1. The van der Waals surface area contributed by atoms with Crippen LogP contribution >= 0.6 is 11.6 Å². The number of para-hydroxylation sites is 2. The summed E-state index contributed by atoms with van der Waals surface area (Å²) in [5.74, 6) is 0.230. The molecule has 0 aliphatic rings. The third kappa shape index (κ3) is 4.35. The van der Waals surface area contributed by atoms with Gasteiger partial charge in [-0.3, -0.25) is 19.7 Å². The third-order valence-corrected chi connectivity index (χ3v) is 5.94. The van der Waals surface area contributed by atoms with Crippen molar-refractivity contribution in [1.29, 1.82) is 0 Å². The van der Waals surface area contributed by atoms with Crippen molar-refractivity contribution in [2.45, 2.75) is 6.54 Å². The lowest BCUT2D eigenvalue weighted by Crippen LogP contribution is -2.25. The number of nitro benzene ring substituents is 1. The van der Waals surface area contributed by atoms with Gasteiger partial charge in [0.25, 0.3) is 11.6 Å². The summed E-state index contributed by atoms with van der Waals surface area (Å²) in [6, 6.07) is 21.5. The number of rotatable bonds is 6. The van der Waals surface area contributed by atoms with E-state index in [9.17, 15) is 19.7 Å². The predicted octanol–water partition coefficient (Wildman–Crippen LogP) is 5.13. The van der Waals surface area contributed by atoms with E-state index in [-0.39, 0.29) is 17.7 Å². The van der Waals surface area contributed by atoms with Gasteiger partial charge < -0.3 is 8.98 Å². The number of aromatic nitrogens is 1. The summed E-state index contributed by atoms with van der Waals surface area (Å²) >= 11 is 6.17. The van der Waals surface area contributed by atoms with Crippen molar-refractivity contribution in [3.05, 3.63) is 110 Å². The molecule has 0 saturated carbocycles. The van der Waals surface area contributed by atoms with Gasteiger partial charge in [0.05, 0.1) is 27.2 Å². The first-order valence-electron chi connectivity index (χ1n) is 10.8. The molecule has 2 aromatic heterocycles. The number of fused-ring (bicyclic) bond motifs is 2. The van der Waals surface area contributed by atoms with Crippen LogP contribution in [0.25, 0.3) is 33.1 Å². The lowest BCUT2D eigenvalue weighted by Gasteiger charge is -2.14. The number of carbonyl (C=O) groups excluding carboxylic acids is 1. The zero-order valence-electron chi connectivity index (χ0n) is 18.6. The molecule has 0 saturated heterocycles. The van der Waals surface area contributed by atoms with Gasteiger partial charge in [0.2, 0.25) is 0 Å². The fourth-order valence-electron chi connectivity index (χ4n) is 3.98. The van der Waals surface area contributed by atoms with E-state index in [1.54, 1.807) is 53.1 Å². The van der Waals surface area contributed by atoms with E-state index >= 15 is 0 Å². The Morgan fingerprint density at radius 2 is 1.69 bits per heavy atom. The molecule has 2 heterocycles. The molecule has 5 aromatic rings. The minimum atomic E-state index is -0.518. The van der Waals surface area contributed by atoms with Gasteiger partial charge >= 0.3 is 0 Å². The Morgan fingerprint density at radius 1 is 1.03 bits per heavy atom. The van der Waals surface area contributed by atoms with Crippen LogP contribution < -0.4 is 10.9 Å². The summed E-state index contributed by atoms with van der Waals surface area (Å²) in [6.07, 6.45) is 1.31. The molecule has 0 unspecified atom stereocenters. The van der Waals surface area contributed by atoms with Crippen molar-refractivity contribution >= 4 is 51.2 Å². The molecule has 5 rings (SSSR count). The van der Waals surface area contributed by atoms with Crippen molar-refractivity contribution in [2.75, 3.05) is 0 Å². The smallest absolute Gasteiger partial charge is 0.270 e. The van der Waals surface area contributed by atoms with Gasteiger partial charge in [0.15, 0.2) is 5.43 Å². The summed E-state index contributed by atoms with van der Waals surface area (Å²) in [6.45, 7) is -0.0641. The van der Waals surface area contributed by atoms with Crippen LogP contribution in [0.3, 0.4) is 0 Å². The number of hydrogen-bond donors (Lipinski definition) is 1. The highest BCUT2D eigenvalue weighted by Gasteiger charge is 2.15. The first-order valence-corrected chi connectivity index (χ1v) is 11.2. The fourth-order valence-corrected chi connectivity index (χ4v) is 4.19. The van der Waals surface area contributed by atoms with E-state index in [1.165, 1.54) is 24.4 Å². The molecule has 0 radical (unpaired) electrons. The summed E-state index contributed by atoms with van der Waals surface area (Å²) in [5, 5.41) is 16.4. The second kappa shape index (κ2) is 9.47. The van der Waals surface area contributed by atoms with Gasteiger partial charge in [0, 0.05) is 28.5 Å². The first kappa shape index (κ1) is 23.0. The first-order chi connectivity index (χ1) is 17.4. The highest BCUT2D eigenvalue weighted by Crippen LogP contribution is 2.32. The predicted molar refractivity (Wildman–Crippen MR) is 137 cm³/mol. The second-order valence-corrected chi connectivity index (χ2v) is 8.27. The maximum Gasteiger partial charge on any atom is 0.270 e. The van der Waals surface area contributed by atoms with Gasteiger partial charge in [-0.2, -0.15) is 5.10 Å². The molecule has 36 heavy (non-hydrogen) atoms. The monoisotopic (exact) mass is 500 g/mol. The molecule has 0 fully saturated rings. The van der Waals surface area contributed by atoms with Crippen LogP contribution in [0.2, 0.25) is 5.02 Å². The van der Waals surface area contributed by atoms with E-state index in [4.69, 9.17) is 16.0 Å². The lowest BCUT2D eigenvalue weighted by atomic mass is 10.1. The average Bonchev–Trinajstić information content (AvgIpc) is 3.35. The Kier molecular flexibility index (Phi) is 6.05. The second-order valence-electron chi connectivity index (χ2n) is 7.87. The van der Waals surface area contributed by atoms with E-state index in [1.807, 2.05) is 12.1 Å². The van der Waals surface area contributed by atoms with Gasteiger partial charge in [0.1, 0.15) is 18.1 Å². The molecule has 1 N–H and O–H groups in total. The number of benzene rings is 3. The summed E-state index contributed by atoms with van der Waals surface area (Å²) in [7, 11) is 0. The van der Waals surface area contributed by atoms with E-state index in [0.717, 1.165) is 0 Å². The zero-order chi connectivity index (χ0) is 25.2. The van der Waals surface area contributed by atoms with Crippen LogP contribution in [-0.2, 0) is 11.3 Å². The van der Waals surface area contributed by atoms with Crippen molar-refractivity contribution < 1.29 is 14.1 Å². The molecule has 0 atom stereocenters. The van der Waals surface area contributed by atoms with Crippen LogP contribution in [0.4, 0.5) is 5.69 Å². The van der Waals surface area contributed by atoms with Crippen LogP contribution in [0, 0.1) is 10.1 Å². The molecule has 178 valence electrons. The Bertz CT molecular complexity index is 1680. The van der Waals surface area contributed by atoms with Crippen molar-refractivity contribution in [3.8, 4) is 11.3 Å². The number of nitro groups is 1. The number of pyridine rings is 1. The van der Waals surface area contributed by atoms with Gasteiger partial charge in [-0.15, -0.1) is 0 Å². The Hall–Kier alpha value is -4.76. The van der Waals surface area contributed by atoms with Gasteiger partial charge in [-0.05, 0) is 42.5 Å². The summed E-state index contributed by atoms with van der Waals surface area (Å²) < 4.78 is 7.44. The summed E-state index contributed by atoms with van der Waals surface area (Å²) in [5.41, 5.74) is 3.91. The highest BCUT2D eigenvalue weighted by atomic mass is 35.5. The standard InChI is InChI=1S/C26H17ClN4O5/c27-21-11-9-16(31(34)35)13-20(21)24-12-10-17(36-24)14-28-29-25(32)15-30-22-7-3-1-5-18(22)26(33)19-6-2-4-8-23(19)30/h1-14H,15H2,(H,29,32). The van der Waals surface area contributed by atoms with Crippen LogP contribution in [-0.4, -0.2) is 21.6 Å². The number of halogens is 1. The van der Waals surface area contributed by atoms with Crippen molar-refractivity contribution in [3.63, 3.8) is 0 Å². The van der Waals surface area contributed by atoms with Gasteiger partial charge in [-0.1, -0.05) is 35.9 Å². The van der Waals surface area contributed by atoms with Crippen LogP contribution in [0.1, 0.15) is 5.76 Å². The van der Waals surface area contributed by atoms with Crippen LogP contribution in [0.15, 0.2) is 93.2 Å². The number of furan rings is 1. The quantitative estimate of drug-likeness (QED) is 0.150. The van der Waals surface area contributed by atoms with Crippen molar-refractivity contribution in [2.24, 2.45) is 5.10 Å². The largest absolute Gasteiger partial charge is 0.455 e. The van der Waals surface area contributed by atoms with Crippen LogP contribution in [0.5, 0.6) is 0 Å². The molecule has 0 spiro atoms. The molecule has 0 aliphatic heterocycles. The van der Waals surface area contributed by atoms with Gasteiger partial charge in [-0.25, -0.2) is 5.43 Å². The number of non-ortho nitro benzene ring substituents is 1. The minimum Gasteiger partial charge on any atom is -0.455 e. The van der Waals surface area contributed by atoms with E-state index < -0.39 is 10.8 Å². The molecule has 0 aliphatic carbocycles. The zero-order valence-corrected chi connectivity index (χ0v) is 19.3. The van der Waals surface area contributed by atoms with E-state index in [0.29, 0.717) is 43.9 Å². The number of hydrazone groups is 1. The SMILES string of the molecule is O=C(Cn1c2ccccc2c(=O)c2ccccc21)NN=Cc1ccc(-c2cc([N+](=O)[O-])ccc2Cl)o1. The topological polar surface area (TPSA) is 120 Å². The number of nitrogens with one attached hydrogen (secondary N) is 1. The molecular formula is C26H17ClN4O5. The maximum absolute atomic E-state index is 12.8. The third-order valence-electron chi connectivity index (χ3n) is 5.61. The Balaban J connectivity index is 1.36. The molecule has 3 aromatic carbocycles. The molecule has 0 bridgehead atoms. The van der Waals surface area contributed by atoms with Crippen molar-refractivity contribution in [1.82, 2.24) is 9.99 Å². The molecule has 10 heteroatoms. The fraction of sp³-hybridized carbons (Fsp3) is 0.0385. The molecule has 1 amide bonds. The normalized spacial score (nSPS) is 11.4. The lowest BCUT2D eigenvalue weighted by molar-refractivity contribution is -0.384. The number of hydrogen-bond acceptors (Lipinski definition) is 6. The number of amides is 1. The highest BCUT2D eigenvalue weighted by molar-refractivity contribution is 6.33. The molecule has 9 nitrogen and oxygen atoms in total. The average molecular weight is 501 g/mol. The Labute approximate surface area is 208 Å².